The minimum Gasteiger partial charge on any atom is -0.321 e. The average Bonchev–Trinajstić information content (AvgIpc) is 2.45. The number of benzene rings is 2. The molecule has 1 aliphatic rings. The van der Waals surface area contributed by atoms with Crippen molar-refractivity contribution in [2.45, 2.75) is 9.79 Å². The molecule has 1 amide bonds. The number of hydrogen-bond acceptors (Lipinski definition) is 2. The van der Waals surface area contributed by atoms with E-state index >= 15 is 0 Å². The summed E-state index contributed by atoms with van der Waals surface area (Å²) in [5.41, 5.74) is 1.62. The van der Waals surface area contributed by atoms with Crippen molar-refractivity contribution in [1.29, 1.82) is 0 Å². The van der Waals surface area contributed by atoms with Gasteiger partial charge in [-0.05, 0) is 24.3 Å². The lowest BCUT2D eigenvalue weighted by atomic mass is 10.3. The van der Waals surface area contributed by atoms with Crippen molar-refractivity contribution in [3.63, 3.8) is 0 Å². The third kappa shape index (κ3) is 1.49. The number of carbonyl (C=O) groups excluding carboxylic acids is 1. The number of nitrogens with one attached hydrogen (secondary N) is 1. The van der Waals surface area contributed by atoms with Crippen LogP contribution in [0.5, 0.6) is 0 Å². The molecule has 2 nitrogen and oxygen atoms in total. The maximum Gasteiger partial charge on any atom is 0.256 e. The van der Waals surface area contributed by atoms with Gasteiger partial charge in [0.05, 0.1) is 11.3 Å². The minimum absolute atomic E-state index is 0.0342. The number of fused-ring (bicyclic) bond motifs is 2. The zero-order valence-electron chi connectivity index (χ0n) is 8.44. The molecule has 1 aliphatic heterocycles. The molecule has 0 spiro atoms. The van der Waals surface area contributed by atoms with Crippen molar-refractivity contribution < 1.29 is 4.79 Å². The Morgan fingerprint density at radius 3 is 2.50 bits per heavy atom. The molecule has 0 bridgehead atoms. The summed E-state index contributed by atoms with van der Waals surface area (Å²) in [6.45, 7) is 0. The van der Waals surface area contributed by atoms with E-state index in [9.17, 15) is 4.79 Å². The molecule has 0 aromatic heterocycles. The standard InChI is InChI=1S/C13H9NOS/c15-13-9-5-1-3-7-11(9)16-12-8-4-2-6-10(12)14-13/h1-8H,(H,14,15)/i13+2. The lowest BCUT2D eigenvalue weighted by Gasteiger charge is -2.03. The topological polar surface area (TPSA) is 29.1 Å². The summed E-state index contributed by atoms with van der Waals surface area (Å²) in [4.78, 5) is 14.0. The van der Waals surface area contributed by atoms with Gasteiger partial charge in [0, 0.05) is 9.79 Å². The highest BCUT2D eigenvalue weighted by Crippen LogP contribution is 2.38. The number of hydrogen-bond donors (Lipinski definition) is 1. The first kappa shape index (κ1) is 9.48. The molecule has 1 heterocycles. The summed E-state index contributed by atoms with van der Waals surface area (Å²) < 4.78 is 0. The molecular weight excluding hydrogens is 220 g/mol. The first-order chi connectivity index (χ1) is 7.84. The molecule has 0 saturated heterocycles. The molecule has 3 heteroatoms. The molecule has 2 aromatic carbocycles. The van der Waals surface area contributed by atoms with Gasteiger partial charge in [0.1, 0.15) is 0 Å². The summed E-state index contributed by atoms with van der Waals surface area (Å²) >= 11 is 1.62. The highest BCUT2D eigenvalue weighted by Gasteiger charge is 2.18. The van der Waals surface area contributed by atoms with Crippen LogP contribution in [0.4, 0.5) is 5.69 Å². The number of amides is 1. The van der Waals surface area contributed by atoms with Crippen molar-refractivity contribution in [1.82, 2.24) is 0 Å². The van der Waals surface area contributed by atoms with Gasteiger partial charge in [-0.2, -0.15) is 0 Å². The SMILES string of the molecule is O=[14C]1Nc2ccccc2Sc2ccccc21. The van der Waals surface area contributed by atoms with Gasteiger partial charge in [-0.15, -0.1) is 0 Å². The maximum atomic E-state index is 11.9. The largest absolute Gasteiger partial charge is 0.321 e. The van der Waals surface area contributed by atoms with E-state index in [1.165, 1.54) is 0 Å². The third-order valence-corrected chi connectivity index (χ3v) is 3.64. The zero-order chi connectivity index (χ0) is 11.0. The first-order valence-electron chi connectivity index (χ1n) is 5.02. The molecular formula is C13H9NOS. The summed E-state index contributed by atoms with van der Waals surface area (Å²) in [7, 11) is 0. The van der Waals surface area contributed by atoms with E-state index < -0.39 is 0 Å². The van der Waals surface area contributed by atoms with Crippen molar-refractivity contribution in [2.75, 3.05) is 5.32 Å². The predicted molar refractivity (Wildman–Crippen MR) is 65.0 cm³/mol. The van der Waals surface area contributed by atoms with E-state index in [1.54, 1.807) is 11.8 Å². The molecule has 78 valence electrons. The van der Waals surface area contributed by atoms with Crippen molar-refractivity contribution in [3.8, 4) is 0 Å². The lowest BCUT2D eigenvalue weighted by Crippen LogP contribution is -2.11. The quantitative estimate of drug-likeness (QED) is 0.750. The van der Waals surface area contributed by atoms with E-state index in [0.717, 1.165) is 21.0 Å². The van der Waals surface area contributed by atoms with Gasteiger partial charge >= 0.3 is 0 Å². The van der Waals surface area contributed by atoms with Gasteiger partial charge in [0.2, 0.25) is 0 Å². The molecule has 0 saturated carbocycles. The monoisotopic (exact) mass is 229 g/mol. The van der Waals surface area contributed by atoms with Crippen LogP contribution in [-0.2, 0) is 0 Å². The number of para-hydroxylation sites is 1. The molecule has 0 aliphatic carbocycles. The fourth-order valence-corrected chi connectivity index (χ4v) is 2.74. The van der Waals surface area contributed by atoms with E-state index in [1.807, 2.05) is 48.5 Å². The van der Waals surface area contributed by atoms with Gasteiger partial charge in [-0.3, -0.25) is 4.79 Å². The van der Waals surface area contributed by atoms with E-state index in [0.29, 0.717) is 0 Å². The molecule has 0 fully saturated rings. The van der Waals surface area contributed by atoms with Crippen LogP contribution in [0.25, 0.3) is 0 Å². The van der Waals surface area contributed by atoms with Gasteiger partial charge in [-0.1, -0.05) is 36.0 Å². The molecule has 16 heavy (non-hydrogen) atoms. The second kappa shape index (κ2) is 3.68. The smallest absolute Gasteiger partial charge is 0.256 e. The molecule has 0 atom stereocenters. The van der Waals surface area contributed by atoms with Crippen LogP contribution >= 0.6 is 11.8 Å². The van der Waals surface area contributed by atoms with Gasteiger partial charge in [0.15, 0.2) is 0 Å². The Kier molecular flexibility index (Phi) is 2.18. The maximum absolute atomic E-state index is 11.9. The highest BCUT2D eigenvalue weighted by molar-refractivity contribution is 7.99. The molecule has 0 radical (unpaired) electrons. The Balaban J connectivity index is 2.18. The lowest BCUT2D eigenvalue weighted by molar-refractivity contribution is 0.102. The van der Waals surface area contributed by atoms with Crippen LogP contribution in [0.1, 0.15) is 10.4 Å². The number of anilines is 1. The molecule has 3 rings (SSSR count). The summed E-state index contributed by atoms with van der Waals surface area (Å²) in [5, 5.41) is 2.92. The highest BCUT2D eigenvalue weighted by atomic mass is 32.2. The van der Waals surface area contributed by atoms with Gasteiger partial charge < -0.3 is 5.32 Å². The second-order valence-electron chi connectivity index (χ2n) is 3.55. The van der Waals surface area contributed by atoms with Crippen LogP contribution in [0.2, 0.25) is 0 Å². The third-order valence-electron chi connectivity index (χ3n) is 2.49. The first-order valence-corrected chi connectivity index (χ1v) is 5.83. The number of rotatable bonds is 0. The average molecular weight is 229 g/mol. The van der Waals surface area contributed by atoms with E-state index in [-0.39, 0.29) is 5.91 Å². The van der Waals surface area contributed by atoms with Gasteiger partial charge in [0.25, 0.3) is 5.91 Å². The Labute approximate surface area is 97.7 Å². The predicted octanol–water partition coefficient (Wildman–Crippen LogP) is 3.40. The summed E-state index contributed by atoms with van der Waals surface area (Å²) in [6.07, 6.45) is 0. The van der Waals surface area contributed by atoms with Crippen molar-refractivity contribution in [3.05, 3.63) is 54.1 Å². The number of carbonyl (C=O) groups is 1. The Bertz CT molecular complexity index is 565. The van der Waals surface area contributed by atoms with E-state index in [4.69, 9.17) is 0 Å². The summed E-state index contributed by atoms with van der Waals surface area (Å²) in [5.74, 6) is -0.0342. The van der Waals surface area contributed by atoms with Crippen LogP contribution in [0, 0.1) is 0 Å². The van der Waals surface area contributed by atoms with Crippen molar-refractivity contribution >= 4 is 23.4 Å². The van der Waals surface area contributed by atoms with Crippen molar-refractivity contribution in [2.24, 2.45) is 0 Å². The fourth-order valence-electron chi connectivity index (χ4n) is 1.71. The molecule has 0 unspecified atom stereocenters. The van der Waals surface area contributed by atoms with Crippen LogP contribution in [0.15, 0.2) is 58.3 Å². The minimum atomic E-state index is -0.0342. The Morgan fingerprint density at radius 2 is 1.62 bits per heavy atom. The Morgan fingerprint density at radius 1 is 0.938 bits per heavy atom. The zero-order valence-corrected chi connectivity index (χ0v) is 9.25. The van der Waals surface area contributed by atoms with Crippen LogP contribution in [0.3, 0.4) is 0 Å². The summed E-state index contributed by atoms with van der Waals surface area (Å²) in [6, 6.07) is 15.5. The normalized spacial score (nSPS) is 13.4. The molecule has 1 N–H and O–H groups in total. The van der Waals surface area contributed by atoms with E-state index in [2.05, 4.69) is 5.32 Å². The van der Waals surface area contributed by atoms with Crippen LogP contribution in [-0.4, -0.2) is 5.91 Å². The Hall–Kier alpha value is -1.74. The van der Waals surface area contributed by atoms with Gasteiger partial charge in [-0.25, -0.2) is 0 Å². The fraction of sp³-hybridized carbons (Fsp3) is 0. The molecule has 2 aromatic rings. The van der Waals surface area contributed by atoms with Crippen LogP contribution < -0.4 is 5.32 Å². The second-order valence-corrected chi connectivity index (χ2v) is 4.63.